The third kappa shape index (κ3) is 4.62. The third-order valence-corrected chi connectivity index (χ3v) is 7.34. The average Bonchev–Trinajstić information content (AvgIpc) is 3.11. The number of hydrogen-bond donors (Lipinski definition) is 0. The minimum atomic E-state index is -4.82. The van der Waals surface area contributed by atoms with Crippen LogP contribution in [0.25, 0.3) is 0 Å². The first-order valence-corrected chi connectivity index (χ1v) is 11.2. The minimum Gasteiger partial charge on any atom is -0.406 e. The molecule has 1 aromatic heterocycles. The molecule has 0 N–H and O–H groups in total. The zero-order valence-corrected chi connectivity index (χ0v) is 17.0. The highest BCUT2D eigenvalue weighted by molar-refractivity contribution is 7.89. The lowest BCUT2D eigenvalue weighted by molar-refractivity contribution is -0.274. The number of alkyl halides is 3. The summed E-state index contributed by atoms with van der Waals surface area (Å²) >= 11 is 0. The molecular weight excluding hydrogens is 423 g/mol. The highest BCUT2D eigenvalue weighted by Gasteiger charge is 2.32. The number of benzene rings is 1. The number of rotatable bonds is 5. The lowest BCUT2D eigenvalue weighted by Crippen LogP contribution is -2.48. The summed E-state index contributed by atoms with van der Waals surface area (Å²) < 4.78 is 73.0. The van der Waals surface area contributed by atoms with E-state index in [2.05, 4.69) is 14.8 Å². The molecule has 11 heteroatoms. The van der Waals surface area contributed by atoms with Crippen molar-refractivity contribution in [2.24, 2.45) is 0 Å². The Morgan fingerprint density at radius 1 is 1.03 bits per heavy atom. The fourth-order valence-electron chi connectivity index (χ4n) is 3.88. The van der Waals surface area contributed by atoms with Crippen molar-refractivity contribution < 1.29 is 30.8 Å². The number of piperazine rings is 1. The second kappa shape index (κ2) is 8.20. The maximum Gasteiger partial charge on any atom is 0.573 e. The summed E-state index contributed by atoms with van der Waals surface area (Å²) in [5.41, 5.74) is 2.12. The smallest absolute Gasteiger partial charge is 0.406 e. The first kappa shape index (κ1) is 21.1. The molecule has 0 radical (unpaired) electrons. The van der Waals surface area contributed by atoms with Gasteiger partial charge in [0.05, 0.1) is 4.90 Å². The molecule has 0 spiro atoms. The molecule has 0 saturated carbocycles. The van der Waals surface area contributed by atoms with Gasteiger partial charge < -0.3 is 9.26 Å². The summed E-state index contributed by atoms with van der Waals surface area (Å²) in [5.74, 6) is 0.512. The maximum atomic E-state index is 12.8. The summed E-state index contributed by atoms with van der Waals surface area (Å²) in [6.07, 6.45) is -0.695. The van der Waals surface area contributed by atoms with E-state index in [1.54, 1.807) is 0 Å². The molecule has 1 aliphatic carbocycles. The van der Waals surface area contributed by atoms with Crippen LogP contribution >= 0.6 is 0 Å². The van der Waals surface area contributed by atoms with Gasteiger partial charge in [-0.25, -0.2) is 8.42 Å². The lowest BCUT2D eigenvalue weighted by atomic mass is 9.96. The normalized spacial score (nSPS) is 18.9. The average molecular weight is 445 g/mol. The van der Waals surface area contributed by atoms with Crippen molar-refractivity contribution in [2.45, 2.75) is 43.5 Å². The minimum absolute atomic E-state index is 0.0592. The van der Waals surface area contributed by atoms with E-state index < -0.39 is 22.1 Å². The SMILES string of the molecule is O=S(=O)(c1ccc(OC(F)(F)F)cc1)N1CCN(Cc2noc3c2CCCC3)CC1. The molecule has 2 aliphatic rings. The van der Waals surface area contributed by atoms with Crippen molar-refractivity contribution in [2.75, 3.05) is 26.2 Å². The van der Waals surface area contributed by atoms with Gasteiger partial charge in [-0.1, -0.05) is 5.16 Å². The molecule has 164 valence electrons. The molecule has 1 saturated heterocycles. The van der Waals surface area contributed by atoms with E-state index in [4.69, 9.17) is 4.52 Å². The van der Waals surface area contributed by atoms with Gasteiger partial charge in [0.2, 0.25) is 10.0 Å². The number of hydrogen-bond acceptors (Lipinski definition) is 6. The largest absolute Gasteiger partial charge is 0.573 e. The molecule has 4 rings (SSSR count). The van der Waals surface area contributed by atoms with Gasteiger partial charge in [-0.15, -0.1) is 13.2 Å². The van der Waals surface area contributed by atoms with E-state index in [9.17, 15) is 21.6 Å². The van der Waals surface area contributed by atoms with Crippen molar-refractivity contribution in [1.29, 1.82) is 0 Å². The summed E-state index contributed by atoms with van der Waals surface area (Å²) in [7, 11) is -3.79. The predicted octanol–water partition coefficient (Wildman–Crippen LogP) is 2.96. The Morgan fingerprint density at radius 2 is 1.70 bits per heavy atom. The van der Waals surface area contributed by atoms with Crippen LogP contribution in [0.2, 0.25) is 0 Å². The van der Waals surface area contributed by atoms with E-state index in [1.807, 2.05) is 0 Å². The van der Waals surface area contributed by atoms with E-state index in [0.717, 1.165) is 61.4 Å². The number of fused-ring (bicyclic) bond motifs is 1. The number of ether oxygens (including phenoxy) is 1. The Morgan fingerprint density at radius 3 is 2.37 bits per heavy atom. The van der Waals surface area contributed by atoms with Gasteiger partial charge in [-0.2, -0.15) is 4.31 Å². The van der Waals surface area contributed by atoms with Crippen LogP contribution in [0.3, 0.4) is 0 Å². The topological polar surface area (TPSA) is 75.9 Å². The lowest BCUT2D eigenvalue weighted by Gasteiger charge is -2.33. The number of aromatic nitrogens is 1. The van der Waals surface area contributed by atoms with Crippen LogP contribution in [0, 0.1) is 0 Å². The molecule has 30 heavy (non-hydrogen) atoms. The fraction of sp³-hybridized carbons (Fsp3) is 0.526. The second-order valence-corrected chi connectivity index (χ2v) is 9.38. The third-order valence-electron chi connectivity index (χ3n) is 5.43. The van der Waals surface area contributed by atoms with E-state index in [-0.39, 0.29) is 4.90 Å². The second-order valence-electron chi connectivity index (χ2n) is 7.44. The Kier molecular flexibility index (Phi) is 5.78. The van der Waals surface area contributed by atoms with Crippen LogP contribution in [0.15, 0.2) is 33.7 Å². The Balaban J connectivity index is 1.36. The molecule has 0 unspecified atom stereocenters. The summed E-state index contributed by atoms with van der Waals surface area (Å²) in [6.45, 7) is 2.29. The van der Waals surface area contributed by atoms with Crippen molar-refractivity contribution in [3.63, 3.8) is 0 Å². The van der Waals surface area contributed by atoms with Gasteiger partial charge in [0, 0.05) is 44.7 Å². The van der Waals surface area contributed by atoms with Crippen LogP contribution in [0.5, 0.6) is 5.75 Å². The van der Waals surface area contributed by atoms with Crippen LogP contribution in [0.1, 0.15) is 29.9 Å². The first-order chi connectivity index (χ1) is 14.2. The summed E-state index contributed by atoms with van der Waals surface area (Å²) in [5, 5.41) is 4.20. The van der Waals surface area contributed by atoms with Crippen LogP contribution in [0.4, 0.5) is 13.2 Å². The molecule has 2 aromatic rings. The molecule has 0 amide bonds. The molecule has 2 heterocycles. The Labute approximate surface area is 172 Å². The number of nitrogens with zero attached hydrogens (tertiary/aromatic N) is 3. The van der Waals surface area contributed by atoms with Crippen molar-refractivity contribution in [1.82, 2.24) is 14.4 Å². The standard InChI is InChI=1S/C19H22F3N3O4S/c20-19(21,22)28-14-5-7-15(8-6-14)30(26,27)25-11-9-24(10-12-25)13-17-16-3-1-2-4-18(16)29-23-17/h5-8H,1-4,9-13H2. The van der Waals surface area contributed by atoms with E-state index in [1.165, 1.54) is 9.87 Å². The molecule has 7 nitrogen and oxygen atoms in total. The van der Waals surface area contributed by atoms with Gasteiger partial charge in [0.15, 0.2) is 0 Å². The van der Waals surface area contributed by atoms with Crippen molar-refractivity contribution in [3.05, 3.63) is 41.3 Å². The zero-order chi connectivity index (χ0) is 21.4. The maximum absolute atomic E-state index is 12.8. The van der Waals surface area contributed by atoms with Crippen LogP contribution < -0.4 is 4.74 Å². The molecule has 0 bridgehead atoms. The Bertz CT molecular complexity index is 981. The van der Waals surface area contributed by atoms with Gasteiger partial charge in [0.25, 0.3) is 0 Å². The quantitative estimate of drug-likeness (QED) is 0.705. The number of sulfonamides is 1. The monoisotopic (exact) mass is 445 g/mol. The van der Waals surface area contributed by atoms with Crippen LogP contribution in [-0.4, -0.2) is 55.3 Å². The molecule has 1 fully saturated rings. The Hall–Kier alpha value is -2.11. The van der Waals surface area contributed by atoms with Gasteiger partial charge >= 0.3 is 6.36 Å². The van der Waals surface area contributed by atoms with Gasteiger partial charge in [0.1, 0.15) is 17.2 Å². The zero-order valence-electron chi connectivity index (χ0n) is 16.2. The van der Waals surface area contributed by atoms with E-state index >= 15 is 0 Å². The van der Waals surface area contributed by atoms with Crippen molar-refractivity contribution >= 4 is 10.0 Å². The molecular formula is C19H22F3N3O4S. The highest BCUT2D eigenvalue weighted by Crippen LogP contribution is 2.27. The fourth-order valence-corrected chi connectivity index (χ4v) is 5.30. The van der Waals surface area contributed by atoms with Gasteiger partial charge in [-0.3, -0.25) is 4.90 Å². The first-order valence-electron chi connectivity index (χ1n) is 9.77. The predicted molar refractivity (Wildman–Crippen MR) is 100 cm³/mol. The van der Waals surface area contributed by atoms with Gasteiger partial charge in [-0.05, 0) is 43.5 Å². The molecule has 0 atom stereocenters. The number of aryl methyl sites for hydroxylation is 1. The molecule has 1 aliphatic heterocycles. The van der Waals surface area contributed by atoms with Crippen molar-refractivity contribution in [3.8, 4) is 5.75 Å². The summed E-state index contributed by atoms with van der Waals surface area (Å²) in [4.78, 5) is 2.08. The van der Waals surface area contributed by atoms with Crippen LogP contribution in [-0.2, 0) is 29.4 Å². The molecule has 1 aromatic carbocycles. The number of halogens is 3. The van der Waals surface area contributed by atoms with E-state index in [0.29, 0.717) is 32.7 Å². The highest BCUT2D eigenvalue weighted by atomic mass is 32.2. The summed E-state index contributed by atoms with van der Waals surface area (Å²) in [6, 6.07) is 4.27.